The van der Waals surface area contributed by atoms with Crippen molar-refractivity contribution in [2.75, 3.05) is 0 Å². The zero-order valence-electron chi connectivity index (χ0n) is 10.6. The molecule has 0 saturated heterocycles. The molecule has 2 aromatic rings. The van der Waals surface area contributed by atoms with Crippen LogP contribution in [-0.2, 0) is 11.3 Å². The molecular formula is C12H12N4O4. The Hall–Kier alpha value is -2.77. The lowest BCUT2D eigenvalue weighted by Crippen LogP contribution is -2.17. The number of hydrogen-bond acceptors (Lipinski definition) is 5. The van der Waals surface area contributed by atoms with E-state index in [-0.39, 0.29) is 12.2 Å². The van der Waals surface area contributed by atoms with E-state index < -0.39 is 16.8 Å². The van der Waals surface area contributed by atoms with Crippen molar-refractivity contribution < 1.29 is 14.8 Å². The van der Waals surface area contributed by atoms with Crippen molar-refractivity contribution in [3.8, 4) is 11.4 Å². The van der Waals surface area contributed by atoms with E-state index in [2.05, 4.69) is 10.1 Å². The number of carboxylic acid groups (broad SMARTS) is 1. The number of rotatable bonds is 5. The average Bonchev–Trinajstić information content (AvgIpc) is 2.87. The van der Waals surface area contributed by atoms with Crippen molar-refractivity contribution in [1.82, 2.24) is 14.8 Å². The van der Waals surface area contributed by atoms with Crippen LogP contribution in [0.2, 0.25) is 0 Å². The molecule has 0 radical (unpaired) electrons. The van der Waals surface area contributed by atoms with Crippen LogP contribution < -0.4 is 0 Å². The molecule has 1 aromatic carbocycles. The second-order valence-electron chi connectivity index (χ2n) is 4.34. The first-order valence-electron chi connectivity index (χ1n) is 5.84. The van der Waals surface area contributed by atoms with Gasteiger partial charge in [-0.1, -0.05) is 19.1 Å². The predicted octanol–water partition coefficient (Wildman–Crippen LogP) is 1.57. The summed E-state index contributed by atoms with van der Waals surface area (Å²) >= 11 is 0. The fourth-order valence-corrected chi connectivity index (χ4v) is 1.63. The van der Waals surface area contributed by atoms with Gasteiger partial charge in [0.1, 0.15) is 6.33 Å². The standard InChI is InChI=1S/C12H12N4O4/c1-8(12(17)18)6-15-7-13-11(14-15)9-3-2-4-10(5-9)16(19)20/h2-5,7-8H,6H2,1H3,(H,17,18). The van der Waals surface area contributed by atoms with Gasteiger partial charge in [-0.25, -0.2) is 4.98 Å². The highest BCUT2D eigenvalue weighted by atomic mass is 16.6. The minimum Gasteiger partial charge on any atom is -0.481 e. The van der Waals surface area contributed by atoms with Crippen LogP contribution in [0.25, 0.3) is 11.4 Å². The Labute approximate surface area is 113 Å². The smallest absolute Gasteiger partial charge is 0.308 e. The molecule has 0 fully saturated rings. The number of aromatic nitrogens is 3. The first kappa shape index (κ1) is 13.7. The highest BCUT2D eigenvalue weighted by Crippen LogP contribution is 2.20. The third kappa shape index (κ3) is 2.97. The lowest BCUT2D eigenvalue weighted by Gasteiger charge is -2.04. The third-order valence-electron chi connectivity index (χ3n) is 2.73. The van der Waals surface area contributed by atoms with Crippen LogP contribution in [0.15, 0.2) is 30.6 Å². The molecule has 0 spiro atoms. The van der Waals surface area contributed by atoms with Crippen LogP contribution in [0.1, 0.15) is 6.92 Å². The third-order valence-corrected chi connectivity index (χ3v) is 2.73. The first-order chi connectivity index (χ1) is 9.47. The molecule has 1 atom stereocenters. The van der Waals surface area contributed by atoms with Crippen LogP contribution in [-0.4, -0.2) is 30.8 Å². The molecule has 8 heteroatoms. The highest BCUT2D eigenvalue weighted by molar-refractivity contribution is 5.69. The van der Waals surface area contributed by atoms with Crippen molar-refractivity contribution >= 4 is 11.7 Å². The number of aliphatic carboxylic acids is 1. The van der Waals surface area contributed by atoms with Crippen LogP contribution in [0.3, 0.4) is 0 Å². The van der Waals surface area contributed by atoms with Gasteiger partial charge in [0.25, 0.3) is 5.69 Å². The summed E-state index contributed by atoms with van der Waals surface area (Å²) in [6.45, 7) is 1.76. The van der Waals surface area contributed by atoms with Crippen LogP contribution in [0.5, 0.6) is 0 Å². The second-order valence-corrected chi connectivity index (χ2v) is 4.34. The molecule has 104 valence electrons. The monoisotopic (exact) mass is 276 g/mol. The maximum atomic E-state index is 10.8. The fraction of sp³-hybridized carbons (Fsp3) is 0.250. The van der Waals surface area contributed by atoms with Gasteiger partial charge in [0.15, 0.2) is 5.82 Å². The number of benzene rings is 1. The zero-order chi connectivity index (χ0) is 14.7. The van der Waals surface area contributed by atoms with Gasteiger partial charge in [-0.2, -0.15) is 5.10 Å². The summed E-state index contributed by atoms with van der Waals surface area (Å²) in [4.78, 5) is 25.0. The quantitative estimate of drug-likeness (QED) is 0.655. The van der Waals surface area contributed by atoms with Crippen molar-refractivity contribution in [2.45, 2.75) is 13.5 Å². The molecule has 0 bridgehead atoms. The van der Waals surface area contributed by atoms with E-state index >= 15 is 0 Å². The molecule has 1 N–H and O–H groups in total. The molecule has 0 amide bonds. The number of carbonyl (C=O) groups is 1. The molecule has 1 aromatic heterocycles. The minimum atomic E-state index is -0.919. The first-order valence-corrected chi connectivity index (χ1v) is 5.84. The van der Waals surface area contributed by atoms with Gasteiger partial charge in [0, 0.05) is 17.7 Å². The summed E-state index contributed by atoms with van der Waals surface area (Å²) in [6, 6.07) is 5.97. The van der Waals surface area contributed by atoms with E-state index in [9.17, 15) is 14.9 Å². The van der Waals surface area contributed by atoms with E-state index in [0.29, 0.717) is 11.4 Å². The van der Waals surface area contributed by atoms with E-state index in [0.717, 1.165) is 0 Å². The van der Waals surface area contributed by atoms with Gasteiger partial charge in [0.05, 0.1) is 17.4 Å². The van der Waals surface area contributed by atoms with Gasteiger partial charge >= 0.3 is 5.97 Å². The van der Waals surface area contributed by atoms with E-state index in [1.165, 1.54) is 23.1 Å². The summed E-state index contributed by atoms with van der Waals surface area (Å²) in [5.74, 6) is -1.18. The summed E-state index contributed by atoms with van der Waals surface area (Å²) in [7, 11) is 0. The van der Waals surface area contributed by atoms with Crippen LogP contribution >= 0.6 is 0 Å². The predicted molar refractivity (Wildman–Crippen MR) is 68.9 cm³/mol. The molecule has 1 heterocycles. The number of nitrogens with zero attached hydrogens (tertiary/aromatic N) is 4. The van der Waals surface area contributed by atoms with E-state index in [4.69, 9.17) is 5.11 Å². The summed E-state index contributed by atoms with van der Waals surface area (Å²) in [5, 5.41) is 23.7. The lowest BCUT2D eigenvalue weighted by atomic mass is 10.2. The van der Waals surface area contributed by atoms with Gasteiger partial charge < -0.3 is 5.11 Å². The average molecular weight is 276 g/mol. The molecule has 0 saturated carbocycles. The minimum absolute atomic E-state index is 0.0437. The molecule has 2 rings (SSSR count). The molecule has 1 unspecified atom stereocenters. The molecule has 0 aliphatic rings. The van der Waals surface area contributed by atoms with Crippen molar-refractivity contribution in [1.29, 1.82) is 0 Å². The Morgan fingerprint density at radius 1 is 1.55 bits per heavy atom. The maximum absolute atomic E-state index is 10.8. The molecule has 8 nitrogen and oxygen atoms in total. The SMILES string of the molecule is CC(Cn1cnc(-c2cccc([N+](=O)[O-])c2)n1)C(=O)O. The van der Waals surface area contributed by atoms with E-state index in [1.54, 1.807) is 19.1 Å². The largest absolute Gasteiger partial charge is 0.481 e. The number of non-ortho nitro benzene ring substituents is 1. The number of hydrogen-bond donors (Lipinski definition) is 1. The molecule has 20 heavy (non-hydrogen) atoms. The van der Waals surface area contributed by atoms with E-state index in [1.807, 2.05) is 0 Å². The lowest BCUT2D eigenvalue weighted by molar-refractivity contribution is -0.384. The Bertz CT molecular complexity index is 652. The summed E-state index contributed by atoms with van der Waals surface area (Å²) < 4.78 is 1.41. The van der Waals surface area contributed by atoms with Crippen molar-refractivity contribution in [3.63, 3.8) is 0 Å². The Morgan fingerprint density at radius 3 is 2.95 bits per heavy atom. The number of carboxylic acids is 1. The normalized spacial score (nSPS) is 12.1. The Morgan fingerprint density at radius 2 is 2.30 bits per heavy atom. The molecule has 0 aliphatic heterocycles. The van der Waals surface area contributed by atoms with Gasteiger partial charge in [0.2, 0.25) is 0 Å². The second kappa shape index (κ2) is 5.47. The Kier molecular flexibility index (Phi) is 3.74. The topological polar surface area (TPSA) is 111 Å². The maximum Gasteiger partial charge on any atom is 0.308 e. The number of nitro groups is 1. The summed E-state index contributed by atoms with van der Waals surface area (Å²) in [5.41, 5.74) is 0.471. The van der Waals surface area contributed by atoms with Gasteiger partial charge in [-0.05, 0) is 0 Å². The summed E-state index contributed by atoms with van der Waals surface area (Å²) in [6.07, 6.45) is 1.41. The van der Waals surface area contributed by atoms with Crippen LogP contribution in [0.4, 0.5) is 5.69 Å². The van der Waals surface area contributed by atoms with Crippen molar-refractivity contribution in [3.05, 3.63) is 40.7 Å². The highest BCUT2D eigenvalue weighted by Gasteiger charge is 2.14. The fourth-order valence-electron chi connectivity index (χ4n) is 1.63. The molecular weight excluding hydrogens is 264 g/mol. The zero-order valence-corrected chi connectivity index (χ0v) is 10.6. The van der Waals surface area contributed by atoms with Gasteiger partial charge in [-0.15, -0.1) is 0 Å². The molecule has 0 aliphatic carbocycles. The van der Waals surface area contributed by atoms with Crippen LogP contribution in [0, 0.1) is 16.0 Å². The van der Waals surface area contributed by atoms with Crippen molar-refractivity contribution in [2.24, 2.45) is 5.92 Å². The Balaban J connectivity index is 2.22. The van der Waals surface area contributed by atoms with Gasteiger partial charge in [-0.3, -0.25) is 19.6 Å². The number of nitro benzene ring substituents is 1.